The molecule has 1 rings (SSSR count). The summed E-state index contributed by atoms with van der Waals surface area (Å²) in [5.74, 6) is 0. The van der Waals surface area contributed by atoms with Gasteiger partial charge in [-0.15, -0.1) is 0 Å². The van der Waals surface area contributed by atoms with E-state index in [9.17, 15) is 28.4 Å². The number of rotatable bonds is 5. The number of pyridine rings is 1. The summed E-state index contributed by atoms with van der Waals surface area (Å²) >= 11 is 0. The van der Waals surface area contributed by atoms with Gasteiger partial charge < -0.3 is 10.4 Å². The second kappa shape index (κ2) is 6.04. The van der Waals surface area contributed by atoms with Crippen molar-refractivity contribution in [2.45, 2.75) is 38.6 Å². The van der Waals surface area contributed by atoms with E-state index in [4.69, 9.17) is 0 Å². The topological polar surface area (TPSA) is 88.3 Å². The molecule has 6 nitrogen and oxygen atoms in total. The molecule has 0 aromatic carbocycles. The van der Waals surface area contributed by atoms with E-state index in [1.807, 2.05) is 0 Å². The Morgan fingerprint density at radius 1 is 1.50 bits per heavy atom. The van der Waals surface area contributed by atoms with Crippen molar-refractivity contribution in [1.29, 1.82) is 0 Å². The van der Waals surface area contributed by atoms with E-state index in [1.165, 1.54) is 6.92 Å². The van der Waals surface area contributed by atoms with Crippen LogP contribution in [0.15, 0.2) is 12.3 Å². The summed E-state index contributed by atoms with van der Waals surface area (Å²) in [6.07, 6.45) is -4.55. The molecular formula is C11H14F3N3O3. The van der Waals surface area contributed by atoms with Crippen LogP contribution in [0.1, 0.15) is 26.0 Å². The van der Waals surface area contributed by atoms with Crippen molar-refractivity contribution in [2.24, 2.45) is 0 Å². The first-order valence-electron chi connectivity index (χ1n) is 5.77. The Morgan fingerprint density at radius 3 is 2.55 bits per heavy atom. The van der Waals surface area contributed by atoms with Crippen LogP contribution in [0, 0.1) is 10.1 Å². The average molecular weight is 293 g/mol. The monoisotopic (exact) mass is 293 g/mol. The number of nitro groups is 1. The van der Waals surface area contributed by atoms with Gasteiger partial charge in [0.05, 0.1) is 11.0 Å². The largest absolute Gasteiger partial charge is 0.433 e. The number of nitrogens with zero attached hydrogens (tertiary/aromatic N) is 2. The highest BCUT2D eigenvalue weighted by Gasteiger charge is 2.34. The van der Waals surface area contributed by atoms with Crippen LogP contribution in [0.2, 0.25) is 0 Å². The Hall–Kier alpha value is -1.90. The van der Waals surface area contributed by atoms with E-state index in [1.54, 1.807) is 6.92 Å². The zero-order valence-corrected chi connectivity index (χ0v) is 10.8. The van der Waals surface area contributed by atoms with Crippen molar-refractivity contribution in [3.05, 3.63) is 28.1 Å². The maximum absolute atomic E-state index is 12.5. The molecule has 2 unspecified atom stereocenters. The number of alkyl halides is 3. The summed E-state index contributed by atoms with van der Waals surface area (Å²) in [7, 11) is 0. The van der Waals surface area contributed by atoms with Crippen LogP contribution in [0.3, 0.4) is 0 Å². The second-order valence-corrected chi connectivity index (χ2v) is 4.47. The summed E-state index contributed by atoms with van der Waals surface area (Å²) in [6, 6.07) is 0.161. The lowest BCUT2D eigenvalue weighted by Crippen LogP contribution is -2.22. The fourth-order valence-corrected chi connectivity index (χ4v) is 1.70. The molecule has 0 aliphatic heterocycles. The zero-order valence-electron chi connectivity index (χ0n) is 10.8. The molecule has 0 saturated carbocycles. The maximum Gasteiger partial charge on any atom is 0.433 e. The van der Waals surface area contributed by atoms with E-state index in [0.717, 1.165) is 0 Å². The van der Waals surface area contributed by atoms with Crippen molar-refractivity contribution in [3.63, 3.8) is 0 Å². The van der Waals surface area contributed by atoms with Crippen LogP contribution in [0.5, 0.6) is 0 Å². The maximum atomic E-state index is 12.5. The summed E-state index contributed by atoms with van der Waals surface area (Å²) in [4.78, 5) is 13.0. The lowest BCUT2D eigenvalue weighted by atomic mass is 10.1. The van der Waals surface area contributed by atoms with Gasteiger partial charge in [0.15, 0.2) is 0 Å². The molecule has 0 amide bonds. The first kappa shape index (κ1) is 16.2. The minimum absolute atomic E-state index is 0.237. The minimum Gasteiger partial charge on any atom is -0.393 e. The Morgan fingerprint density at radius 2 is 2.10 bits per heavy atom. The van der Waals surface area contributed by atoms with Gasteiger partial charge in [-0.1, -0.05) is 0 Å². The van der Waals surface area contributed by atoms with E-state index in [-0.39, 0.29) is 12.1 Å². The molecule has 0 saturated heterocycles. The van der Waals surface area contributed by atoms with Crippen molar-refractivity contribution < 1.29 is 23.2 Å². The first-order chi connectivity index (χ1) is 9.11. The van der Waals surface area contributed by atoms with Gasteiger partial charge in [-0.3, -0.25) is 10.1 Å². The number of aromatic nitrogens is 1. The smallest absolute Gasteiger partial charge is 0.393 e. The van der Waals surface area contributed by atoms with Crippen molar-refractivity contribution >= 4 is 11.4 Å². The van der Waals surface area contributed by atoms with Gasteiger partial charge in [0.2, 0.25) is 0 Å². The third-order valence-corrected chi connectivity index (χ3v) is 2.47. The third kappa shape index (κ3) is 4.34. The molecule has 2 N–H and O–H groups in total. The Balaban J connectivity index is 3.09. The quantitative estimate of drug-likeness (QED) is 0.643. The summed E-state index contributed by atoms with van der Waals surface area (Å²) in [5.41, 5.74) is -2.03. The number of hydrogen-bond donors (Lipinski definition) is 2. The van der Waals surface area contributed by atoms with Gasteiger partial charge in [0.1, 0.15) is 17.6 Å². The molecule has 0 aliphatic carbocycles. The minimum atomic E-state index is -4.68. The summed E-state index contributed by atoms with van der Waals surface area (Å²) < 4.78 is 37.6. The van der Waals surface area contributed by atoms with Gasteiger partial charge in [0, 0.05) is 6.04 Å². The number of halogens is 3. The highest BCUT2D eigenvalue weighted by molar-refractivity contribution is 5.61. The molecule has 0 radical (unpaired) electrons. The fourth-order valence-electron chi connectivity index (χ4n) is 1.70. The number of anilines is 1. The van der Waals surface area contributed by atoms with Crippen LogP contribution in [-0.2, 0) is 6.18 Å². The second-order valence-electron chi connectivity index (χ2n) is 4.47. The lowest BCUT2D eigenvalue weighted by molar-refractivity contribution is -0.384. The van der Waals surface area contributed by atoms with Gasteiger partial charge in [-0.2, -0.15) is 13.2 Å². The first-order valence-corrected chi connectivity index (χ1v) is 5.77. The molecule has 0 fully saturated rings. The summed E-state index contributed by atoms with van der Waals surface area (Å²) in [6.45, 7) is 3.12. The van der Waals surface area contributed by atoms with Crippen LogP contribution in [-0.4, -0.2) is 27.2 Å². The highest BCUT2D eigenvalue weighted by atomic mass is 19.4. The normalized spacial score (nSPS) is 14.7. The molecule has 20 heavy (non-hydrogen) atoms. The number of aliphatic hydroxyl groups excluding tert-OH is 1. The standard InChI is InChI=1S/C11H14F3N3O3/c1-6(3-7(2)18)16-8-4-10(11(12,13)14)15-5-9(8)17(19)20/h4-7,18H,3H2,1-2H3,(H,15,16). The number of nitrogens with one attached hydrogen (secondary N) is 1. The van der Waals surface area contributed by atoms with Crippen molar-refractivity contribution in [3.8, 4) is 0 Å². The Bertz CT molecular complexity index is 492. The molecule has 1 aromatic heterocycles. The van der Waals surface area contributed by atoms with Crippen molar-refractivity contribution in [1.82, 2.24) is 4.98 Å². The van der Waals surface area contributed by atoms with Gasteiger partial charge in [-0.05, 0) is 26.3 Å². The fraction of sp³-hybridized carbons (Fsp3) is 0.545. The Labute approximate surface area is 112 Å². The van der Waals surface area contributed by atoms with Crippen LogP contribution in [0.25, 0.3) is 0 Å². The SMILES string of the molecule is CC(O)CC(C)Nc1cc(C(F)(F)F)ncc1[N+](=O)[O-]. The molecule has 112 valence electrons. The summed E-state index contributed by atoms with van der Waals surface area (Å²) in [5, 5.41) is 22.6. The third-order valence-electron chi connectivity index (χ3n) is 2.47. The van der Waals surface area contributed by atoms with Gasteiger partial charge in [-0.25, -0.2) is 4.98 Å². The molecule has 0 aliphatic rings. The zero-order chi connectivity index (χ0) is 15.5. The molecule has 1 aromatic rings. The van der Waals surface area contributed by atoms with Crippen LogP contribution >= 0.6 is 0 Å². The highest BCUT2D eigenvalue weighted by Crippen LogP contribution is 2.33. The molecule has 9 heteroatoms. The van der Waals surface area contributed by atoms with E-state index < -0.39 is 34.6 Å². The average Bonchev–Trinajstić information content (AvgIpc) is 2.25. The predicted molar refractivity (Wildman–Crippen MR) is 65.3 cm³/mol. The molecular weight excluding hydrogens is 279 g/mol. The van der Waals surface area contributed by atoms with Gasteiger partial charge >= 0.3 is 11.9 Å². The lowest BCUT2D eigenvalue weighted by Gasteiger charge is -2.17. The number of aliphatic hydroxyl groups is 1. The molecule has 2 atom stereocenters. The van der Waals surface area contributed by atoms with Crippen molar-refractivity contribution in [2.75, 3.05) is 5.32 Å². The predicted octanol–water partition coefficient (Wildman–Crippen LogP) is 2.58. The molecule has 0 bridgehead atoms. The number of hydrogen-bond acceptors (Lipinski definition) is 5. The van der Waals surface area contributed by atoms with E-state index in [2.05, 4.69) is 10.3 Å². The molecule has 1 heterocycles. The van der Waals surface area contributed by atoms with Crippen LogP contribution in [0.4, 0.5) is 24.5 Å². The van der Waals surface area contributed by atoms with Crippen LogP contribution < -0.4 is 5.32 Å². The van der Waals surface area contributed by atoms with E-state index in [0.29, 0.717) is 12.3 Å². The van der Waals surface area contributed by atoms with E-state index >= 15 is 0 Å². The Kier molecular flexibility index (Phi) is 4.88. The molecule has 0 spiro atoms. The van der Waals surface area contributed by atoms with Gasteiger partial charge in [0.25, 0.3) is 0 Å².